The quantitative estimate of drug-likeness (QED) is 0.827. The maximum absolute atomic E-state index is 12.5. The normalized spacial score (nSPS) is 47.9. The maximum Gasteiger partial charge on any atom is 0.226 e. The Bertz CT molecular complexity index is 346. The zero-order valence-electron chi connectivity index (χ0n) is 10.8. The first-order valence-corrected chi connectivity index (χ1v) is 7.28. The second-order valence-corrected chi connectivity index (χ2v) is 6.69. The van der Waals surface area contributed by atoms with Gasteiger partial charge < -0.3 is 10.6 Å². The van der Waals surface area contributed by atoms with Crippen LogP contribution in [0.15, 0.2) is 0 Å². The van der Waals surface area contributed by atoms with Crippen LogP contribution in [-0.4, -0.2) is 30.4 Å². The third kappa shape index (κ3) is 1.63. The largest absolute Gasteiger partial charge is 0.342 e. The van der Waals surface area contributed by atoms with Crippen molar-refractivity contribution in [1.82, 2.24) is 4.90 Å². The van der Waals surface area contributed by atoms with Crippen molar-refractivity contribution in [3.05, 3.63) is 0 Å². The standard InChI is InChI=1S/C14H22N2O.ClH/c15-6-8-3-4-16(7-8)14(17)13-11-9-1-2-10(5-9)12(11)13;/h8-13H,1-7,15H2;1H. The van der Waals surface area contributed by atoms with Gasteiger partial charge in [-0.25, -0.2) is 0 Å². The van der Waals surface area contributed by atoms with Gasteiger partial charge in [-0.1, -0.05) is 0 Å². The molecule has 0 aromatic rings. The van der Waals surface area contributed by atoms with Gasteiger partial charge in [0.2, 0.25) is 5.91 Å². The number of halogens is 1. The lowest BCUT2D eigenvalue weighted by atomic mass is 10.0. The number of carbonyl (C=O) groups is 1. The van der Waals surface area contributed by atoms with E-state index in [0.717, 1.165) is 49.7 Å². The van der Waals surface area contributed by atoms with Crippen LogP contribution < -0.4 is 5.73 Å². The van der Waals surface area contributed by atoms with E-state index in [1.54, 1.807) is 0 Å². The van der Waals surface area contributed by atoms with Crippen molar-refractivity contribution in [3.63, 3.8) is 0 Å². The van der Waals surface area contributed by atoms with Crippen molar-refractivity contribution in [2.75, 3.05) is 19.6 Å². The van der Waals surface area contributed by atoms with E-state index in [2.05, 4.69) is 4.90 Å². The molecule has 2 bridgehead atoms. The highest BCUT2D eigenvalue weighted by molar-refractivity contribution is 5.85. The predicted molar refractivity (Wildman–Crippen MR) is 72.3 cm³/mol. The fourth-order valence-electron chi connectivity index (χ4n) is 5.09. The van der Waals surface area contributed by atoms with Crippen LogP contribution >= 0.6 is 12.4 Å². The summed E-state index contributed by atoms with van der Waals surface area (Å²) in [6, 6.07) is 0. The number of hydrogen-bond acceptors (Lipinski definition) is 2. The van der Waals surface area contributed by atoms with Crippen molar-refractivity contribution >= 4 is 18.3 Å². The molecule has 2 N–H and O–H groups in total. The molecular weight excluding hydrogens is 248 g/mol. The predicted octanol–water partition coefficient (Wildman–Crippen LogP) is 1.51. The Hall–Kier alpha value is -0.280. The highest BCUT2D eigenvalue weighted by Crippen LogP contribution is 2.69. The lowest BCUT2D eigenvalue weighted by Crippen LogP contribution is -2.32. The summed E-state index contributed by atoms with van der Waals surface area (Å²) in [5, 5.41) is 0. The number of likely N-dealkylation sites (tertiary alicyclic amines) is 1. The van der Waals surface area contributed by atoms with Crippen molar-refractivity contribution in [3.8, 4) is 0 Å². The van der Waals surface area contributed by atoms with Gasteiger partial charge in [-0.2, -0.15) is 0 Å². The average Bonchev–Trinajstić information content (AvgIpc) is 2.79. The Morgan fingerprint density at radius 1 is 1.17 bits per heavy atom. The van der Waals surface area contributed by atoms with Crippen LogP contribution in [0.2, 0.25) is 0 Å². The molecule has 3 saturated carbocycles. The van der Waals surface area contributed by atoms with Crippen molar-refractivity contribution in [2.45, 2.75) is 25.7 Å². The van der Waals surface area contributed by atoms with Crippen LogP contribution in [0.1, 0.15) is 25.7 Å². The van der Waals surface area contributed by atoms with Crippen LogP contribution in [0, 0.1) is 35.5 Å². The van der Waals surface area contributed by atoms with E-state index in [4.69, 9.17) is 5.73 Å². The van der Waals surface area contributed by atoms with Gasteiger partial charge in [0.1, 0.15) is 0 Å². The Labute approximate surface area is 115 Å². The fraction of sp³-hybridized carbons (Fsp3) is 0.929. The first kappa shape index (κ1) is 12.7. The van der Waals surface area contributed by atoms with E-state index >= 15 is 0 Å². The summed E-state index contributed by atoms with van der Waals surface area (Å²) in [6.07, 6.45) is 5.36. The number of rotatable bonds is 2. The number of hydrogen-bond donors (Lipinski definition) is 1. The molecular formula is C14H23ClN2O. The molecule has 1 amide bonds. The average molecular weight is 271 g/mol. The minimum Gasteiger partial charge on any atom is -0.342 e. The number of nitrogens with two attached hydrogens (primary N) is 1. The zero-order chi connectivity index (χ0) is 11.6. The number of fused-ring (bicyclic) bond motifs is 5. The summed E-state index contributed by atoms with van der Waals surface area (Å²) in [6.45, 7) is 2.64. The van der Waals surface area contributed by atoms with E-state index < -0.39 is 0 Å². The molecule has 3 aliphatic carbocycles. The van der Waals surface area contributed by atoms with Crippen LogP contribution in [0.3, 0.4) is 0 Å². The highest BCUT2D eigenvalue weighted by atomic mass is 35.5. The molecule has 4 fully saturated rings. The summed E-state index contributed by atoms with van der Waals surface area (Å²) in [4.78, 5) is 14.6. The molecule has 0 radical (unpaired) electrons. The van der Waals surface area contributed by atoms with Gasteiger partial charge in [-0.05, 0) is 61.8 Å². The minimum atomic E-state index is 0. The van der Waals surface area contributed by atoms with Gasteiger partial charge in [0.25, 0.3) is 0 Å². The zero-order valence-corrected chi connectivity index (χ0v) is 11.6. The Balaban J connectivity index is 0.000001000. The molecule has 5 atom stereocenters. The molecule has 3 nitrogen and oxygen atoms in total. The Morgan fingerprint density at radius 3 is 2.39 bits per heavy atom. The third-order valence-corrected chi connectivity index (χ3v) is 5.95. The third-order valence-electron chi connectivity index (χ3n) is 5.95. The molecule has 1 aliphatic heterocycles. The summed E-state index contributed by atoms with van der Waals surface area (Å²) < 4.78 is 0. The van der Waals surface area contributed by atoms with E-state index in [0.29, 0.717) is 17.7 Å². The summed E-state index contributed by atoms with van der Waals surface area (Å²) in [5.74, 6) is 4.87. The number of carbonyl (C=O) groups excluding carboxylic acids is 1. The lowest BCUT2D eigenvalue weighted by molar-refractivity contribution is -0.132. The molecule has 4 aliphatic rings. The molecule has 4 rings (SSSR count). The van der Waals surface area contributed by atoms with E-state index in [-0.39, 0.29) is 12.4 Å². The van der Waals surface area contributed by atoms with E-state index in [1.807, 2.05) is 0 Å². The van der Waals surface area contributed by atoms with Gasteiger partial charge >= 0.3 is 0 Å². The molecule has 0 spiro atoms. The molecule has 102 valence electrons. The smallest absolute Gasteiger partial charge is 0.226 e. The molecule has 0 aromatic carbocycles. The van der Waals surface area contributed by atoms with Gasteiger partial charge in [-0.3, -0.25) is 4.79 Å². The second-order valence-electron chi connectivity index (χ2n) is 6.69. The number of nitrogens with zero attached hydrogens (tertiary/aromatic N) is 1. The summed E-state index contributed by atoms with van der Waals surface area (Å²) in [5.41, 5.74) is 5.70. The summed E-state index contributed by atoms with van der Waals surface area (Å²) in [7, 11) is 0. The van der Waals surface area contributed by atoms with Crippen LogP contribution in [-0.2, 0) is 4.79 Å². The second kappa shape index (κ2) is 4.38. The van der Waals surface area contributed by atoms with Crippen LogP contribution in [0.25, 0.3) is 0 Å². The Kier molecular flexibility index (Phi) is 3.10. The molecule has 1 saturated heterocycles. The molecule has 4 heteroatoms. The fourth-order valence-corrected chi connectivity index (χ4v) is 5.09. The first-order valence-electron chi connectivity index (χ1n) is 7.28. The van der Waals surface area contributed by atoms with Gasteiger partial charge in [0.05, 0.1) is 0 Å². The van der Waals surface area contributed by atoms with E-state index in [9.17, 15) is 4.79 Å². The molecule has 0 aromatic heterocycles. The van der Waals surface area contributed by atoms with Gasteiger partial charge in [0.15, 0.2) is 0 Å². The maximum atomic E-state index is 12.5. The monoisotopic (exact) mass is 270 g/mol. The lowest BCUT2D eigenvalue weighted by Gasteiger charge is -2.18. The summed E-state index contributed by atoms with van der Waals surface area (Å²) >= 11 is 0. The number of amides is 1. The topological polar surface area (TPSA) is 46.3 Å². The van der Waals surface area contributed by atoms with Crippen LogP contribution in [0.4, 0.5) is 0 Å². The van der Waals surface area contributed by atoms with Crippen molar-refractivity contribution in [2.24, 2.45) is 41.2 Å². The molecule has 18 heavy (non-hydrogen) atoms. The van der Waals surface area contributed by atoms with E-state index in [1.165, 1.54) is 19.3 Å². The SMILES string of the molecule is Cl.NCC1CCN(C(=O)C2C3C4CCC(C4)C23)C1. The Morgan fingerprint density at radius 2 is 1.83 bits per heavy atom. The highest BCUT2D eigenvalue weighted by Gasteiger charge is 2.68. The minimum absolute atomic E-state index is 0. The molecule has 1 heterocycles. The van der Waals surface area contributed by atoms with Gasteiger partial charge in [0, 0.05) is 19.0 Å². The van der Waals surface area contributed by atoms with Crippen molar-refractivity contribution < 1.29 is 4.79 Å². The molecule has 5 unspecified atom stereocenters. The van der Waals surface area contributed by atoms with Gasteiger partial charge in [-0.15, -0.1) is 12.4 Å². The first-order chi connectivity index (χ1) is 8.29. The van der Waals surface area contributed by atoms with Crippen LogP contribution in [0.5, 0.6) is 0 Å². The van der Waals surface area contributed by atoms with Crippen molar-refractivity contribution in [1.29, 1.82) is 0 Å².